The largest absolute Gasteiger partial charge is 0.416 e. The van der Waals surface area contributed by atoms with E-state index < -0.39 is 21.6 Å². The van der Waals surface area contributed by atoms with Gasteiger partial charge in [0.25, 0.3) is 0 Å². The summed E-state index contributed by atoms with van der Waals surface area (Å²) in [6, 6.07) is 12.2. The number of halogens is 3. The Balaban J connectivity index is 1.74. The van der Waals surface area contributed by atoms with Crippen molar-refractivity contribution in [3.8, 4) is 0 Å². The molecule has 28 heavy (non-hydrogen) atoms. The SMILES string of the molecule is CS(=O)(=O)c1ccc(C2=C(c3ccc(C(F)(F)F)cc3)CC3(CCC3)C2)cc1. The van der Waals surface area contributed by atoms with Crippen LogP contribution in [-0.4, -0.2) is 14.7 Å². The molecule has 0 unspecified atom stereocenters. The fourth-order valence-corrected chi connectivity index (χ4v) is 5.00. The van der Waals surface area contributed by atoms with Crippen molar-refractivity contribution in [2.75, 3.05) is 6.26 Å². The monoisotopic (exact) mass is 406 g/mol. The third-order valence-corrected chi connectivity index (χ3v) is 7.20. The van der Waals surface area contributed by atoms with Crippen LogP contribution in [-0.2, 0) is 16.0 Å². The minimum Gasteiger partial charge on any atom is -0.224 e. The summed E-state index contributed by atoms with van der Waals surface area (Å²) in [5.41, 5.74) is 3.54. The van der Waals surface area contributed by atoms with Gasteiger partial charge in [0, 0.05) is 6.26 Å². The Morgan fingerprint density at radius 1 is 0.821 bits per heavy atom. The first-order valence-corrected chi connectivity index (χ1v) is 11.2. The molecule has 0 bridgehead atoms. The summed E-state index contributed by atoms with van der Waals surface area (Å²) in [6.07, 6.45) is 2.02. The molecule has 6 heteroatoms. The lowest BCUT2D eigenvalue weighted by atomic mass is 9.66. The first kappa shape index (κ1) is 19.2. The van der Waals surface area contributed by atoms with E-state index in [1.807, 2.05) is 12.1 Å². The Bertz CT molecular complexity index is 1030. The maximum Gasteiger partial charge on any atom is 0.416 e. The summed E-state index contributed by atoms with van der Waals surface area (Å²) in [7, 11) is -3.27. The maximum absolute atomic E-state index is 12.9. The number of hydrogen-bond donors (Lipinski definition) is 0. The van der Waals surface area contributed by atoms with Gasteiger partial charge in [0.05, 0.1) is 10.5 Å². The van der Waals surface area contributed by atoms with Crippen molar-refractivity contribution >= 4 is 21.0 Å². The molecule has 0 aliphatic heterocycles. The van der Waals surface area contributed by atoms with Gasteiger partial charge in [-0.15, -0.1) is 0 Å². The summed E-state index contributed by atoms with van der Waals surface area (Å²) in [5, 5.41) is 0. The lowest BCUT2D eigenvalue weighted by Gasteiger charge is -2.39. The van der Waals surface area contributed by atoms with Crippen LogP contribution >= 0.6 is 0 Å². The van der Waals surface area contributed by atoms with E-state index in [2.05, 4.69) is 0 Å². The molecule has 1 fully saturated rings. The number of benzene rings is 2. The van der Waals surface area contributed by atoms with E-state index in [1.54, 1.807) is 24.3 Å². The zero-order valence-electron chi connectivity index (χ0n) is 15.5. The van der Waals surface area contributed by atoms with Gasteiger partial charge in [-0.2, -0.15) is 13.2 Å². The van der Waals surface area contributed by atoms with Crippen molar-refractivity contribution in [2.24, 2.45) is 5.41 Å². The van der Waals surface area contributed by atoms with Crippen LogP contribution < -0.4 is 0 Å². The molecule has 1 spiro atoms. The smallest absolute Gasteiger partial charge is 0.224 e. The van der Waals surface area contributed by atoms with Gasteiger partial charge in [0.15, 0.2) is 9.84 Å². The van der Waals surface area contributed by atoms with E-state index in [9.17, 15) is 21.6 Å². The van der Waals surface area contributed by atoms with Gasteiger partial charge >= 0.3 is 6.18 Å². The van der Waals surface area contributed by atoms with E-state index in [-0.39, 0.29) is 10.3 Å². The van der Waals surface area contributed by atoms with Gasteiger partial charge in [0.2, 0.25) is 0 Å². The van der Waals surface area contributed by atoms with E-state index in [0.29, 0.717) is 0 Å². The highest BCUT2D eigenvalue weighted by atomic mass is 32.2. The van der Waals surface area contributed by atoms with Gasteiger partial charge in [-0.3, -0.25) is 0 Å². The van der Waals surface area contributed by atoms with Crippen LogP contribution in [0.2, 0.25) is 0 Å². The Kier molecular flexibility index (Phi) is 4.45. The molecule has 148 valence electrons. The molecule has 0 amide bonds. The van der Waals surface area contributed by atoms with Crippen LogP contribution in [0.1, 0.15) is 48.8 Å². The highest BCUT2D eigenvalue weighted by molar-refractivity contribution is 7.90. The minimum absolute atomic E-state index is 0.211. The lowest BCUT2D eigenvalue weighted by molar-refractivity contribution is -0.137. The van der Waals surface area contributed by atoms with Crippen LogP contribution in [0.3, 0.4) is 0 Å². The van der Waals surface area contributed by atoms with E-state index in [4.69, 9.17) is 0 Å². The molecular formula is C22H21F3O2S. The van der Waals surface area contributed by atoms with Crippen molar-refractivity contribution in [3.63, 3.8) is 0 Å². The van der Waals surface area contributed by atoms with Gasteiger partial charge in [-0.1, -0.05) is 30.7 Å². The van der Waals surface area contributed by atoms with Crippen LogP contribution in [0, 0.1) is 5.41 Å². The quantitative estimate of drug-likeness (QED) is 0.628. The average molecular weight is 406 g/mol. The van der Waals surface area contributed by atoms with E-state index in [0.717, 1.165) is 60.1 Å². The highest BCUT2D eigenvalue weighted by Crippen LogP contribution is 2.59. The summed E-state index contributed by atoms with van der Waals surface area (Å²) >= 11 is 0. The first-order chi connectivity index (χ1) is 13.1. The van der Waals surface area contributed by atoms with Crippen molar-refractivity contribution in [1.29, 1.82) is 0 Å². The van der Waals surface area contributed by atoms with Gasteiger partial charge in [-0.05, 0) is 77.6 Å². The van der Waals surface area contributed by atoms with Crippen molar-refractivity contribution in [1.82, 2.24) is 0 Å². The van der Waals surface area contributed by atoms with Crippen LogP contribution in [0.25, 0.3) is 11.1 Å². The molecule has 0 aromatic heterocycles. The van der Waals surface area contributed by atoms with E-state index >= 15 is 0 Å². The van der Waals surface area contributed by atoms with Crippen LogP contribution in [0.15, 0.2) is 53.4 Å². The Morgan fingerprint density at radius 2 is 1.29 bits per heavy atom. The second-order valence-electron chi connectivity index (χ2n) is 8.04. The number of hydrogen-bond acceptors (Lipinski definition) is 2. The normalized spacial score (nSPS) is 19.1. The predicted molar refractivity (Wildman–Crippen MR) is 103 cm³/mol. The van der Waals surface area contributed by atoms with Crippen LogP contribution in [0.4, 0.5) is 13.2 Å². The fraction of sp³-hybridized carbons (Fsp3) is 0.364. The predicted octanol–water partition coefficient (Wildman–Crippen LogP) is 5.98. The molecular weight excluding hydrogens is 385 g/mol. The molecule has 2 aromatic rings. The fourth-order valence-electron chi connectivity index (χ4n) is 4.37. The molecule has 0 radical (unpaired) electrons. The second-order valence-corrected chi connectivity index (χ2v) is 10.1. The van der Waals surface area contributed by atoms with Crippen molar-refractivity contribution < 1.29 is 21.6 Å². The zero-order valence-corrected chi connectivity index (χ0v) is 16.3. The summed E-state index contributed by atoms with van der Waals surface area (Å²) in [4.78, 5) is 0.268. The summed E-state index contributed by atoms with van der Waals surface area (Å²) in [5.74, 6) is 0. The van der Waals surface area contributed by atoms with Crippen molar-refractivity contribution in [2.45, 2.75) is 43.2 Å². The van der Waals surface area contributed by atoms with Gasteiger partial charge < -0.3 is 0 Å². The molecule has 2 aliphatic carbocycles. The van der Waals surface area contributed by atoms with Crippen molar-refractivity contribution in [3.05, 3.63) is 65.2 Å². The Labute approximate surface area is 163 Å². The summed E-state index contributed by atoms with van der Waals surface area (Å²) in [6.45, 7) is 0. The molecule has 0 N–H and O–H groups in total. The molecule has 2 aromatic carbocycles. The third kappa shape index (κ3) is 3.50. The first-order valence-electron chi connectivity index (χ1n) is 9.28. The standard InChI is InChI=1S/C22H21F3O2S/c1-28(26,27)18-9-5-16(6-10-18)20-14-21(11-2-12-21)13-19(20)15-3-7-17(8-4-15)22(23,24)25/h3-10H,2,11-14H2,1H3. The minimum atomic E-state index is -4.35. The average Bonchev–Trinajstić information content (AvgIpc) is 3.02. The van der Waals surface area contributed by atoms with Gasteiger partial charge in [0.1, 0.15) is 0 Å². The number of allylic oxidation sites excluding steroid dienone is 2. The third-order valence-electron chi connectivity index (χ3n) is 6.07. The Hall–Kier alpha value is -2.08. The second kappa shape index (κ2) is 6.48. The number of alkyl halides is 3. The molecule has 2 nitrogen and oxygen atoms in total. The number of sulfone groups is 1. The molecule has 0 saturated heterocycles. The zero-order chi connectivity index (χ0) is 20.2. The number of rotatable bonds is 3. The highest BCUT2D eigenvalue weighted by Gasteiger charge is 2.43. The Morgan fingerprint density at radius 3 is 1.64 bits per heavy atom. The molecule has 2 aliphatic rings. The molecule has 4 rings (SSSR count). The van der Waals surface area contributed by atoms with E-state index in [1.165, 1.54) is 12.7 Å². The van der Waals surface area contributed by atoms with Gasteiger partial charge in [-0.25, -0.2) is 8.42 Å². The van der Waals surface area contributed by atoms with Crippen LogP contribution in [0.5, 0.6) is 0 Å². The maximum atomic E-state index is 12.9. The molecule has 0 heterocycles. The molecule has 1 saturated carbocycles. The lowest BCUT2D eigenvalue weighted by Crippen LogP contribution is -2.26. The topological polar surface area (TPSA) is 34.1 Å². The summed E-state index contributed by atoms with van der Waals surface area (Å²) < 4.78 is 62.1. The molecule has 0 atom stereocenters.